The highest BCUT2D eigenvalue weighted by molar-refractivity contribution is 9.10. The van der Waals surface area contributed by atoms with E-state index >= 15 is 0 Å². The van der Waals surface area contributed by atoms with Crippen molar-refractivity contribution in [2.24, 2.45) is 0 Å². The molecule has 1 N–H and O–H groups in total. The number of pyridine rings is 1. The Hall–Kier alpha value is -0.580. The minimum absolute atomic E-state index is 0.345. The summed E-state index contributed by atoms with van der Waals surface area (Å²) >= 11 is 11.3. The van der Waals surface area contributed by atoms with Crippen molar-refractivity contribution >= 4 is 44.6 Å². The van der Waals surface area contributed by atoms with Gasteiger partial charge in [0.2, 0.25) is 0 Å². The van der Waals surface area contributed by atoms with Crippen LogP contribution in [0.25, 0.3) is 0 Å². The van der Waals surface area contributed by atoms with Crippen molar-refractivity contribution in [2.75, 3.05) is 5.32 Å². The van der Waals surface area contributed by atoms with Crippen molar-refractivity contribution in [3.05, 3.63) is 43.8 Å². The third-order valence-corrected chi connectivity index (χ3v) is 5.14. The van der Waals surface area contributed by atoms with Gasteiger partial charge in [-0.3, -0.25) is 0 Å². The average Bonchev–Trinajstić information content (AvgIpc) is 2.73. The zero-order valence-corrected chi connectivity index (χ0v) is 12.8. The molecule has 0 aromatic carbocycles. The molecule has 2 heterocycles. The lowest BCUT2D eigenvalue weighted by Crippen LogP contribution is -2.16. The molecule has 0 saturated carbocycles. The summed E-state index contributed by atoms with van der Waals surface area (Å²) in [7, 11) is 0. The molecule has 18 heavy (non-hydrogen) atoms. The largest absolute Gasteiger partial charge is 0.376 e. The summed E-state index contributed by atoms with van der Waals surface area (Å²) < 4.78 is 1.75. The van der Waals surface area contributed by atoms with Crippen molar-refractivity contribution in [1.29, 1.82) is 0 Å². The first-order valence-corrected chi connectivity index (χ1v) is 7.88. The number of nitrogens with zero attached hydrogens (tertiary/aromatic N) is 1. The summed E-state index contributed by atoms with van der Waals surface area (Å²) in [5.74, 6) is 0. The molecule has 0 fully saturated rings. The molecule has 0 aliphatic heterocycles. The second-order valence-electron chi connectivity index (χ2n) is 4.36. The predicted octanol–water partition coefficient (Wildman–Crippen LogP) is 5.05. The fourth-order valence-electron chi connectivity index (χ4n) is 2.35. The van der Waals surface area contributed by atoms with E-state index in [9.17, 15) is 0 Å². The van der Waals surface area contributed by atoms with Gasteiger partial charge in [0, 0.05) is 11.1 Å². The van der Waals surface area contributed by atoms with Crippen LogP contribution in [0.1, 0.15) is 29.3 Å². The van der Waals surface area contributed by atoms with Crippen LogP contribution in [0.5, 0.6) is 0 Å². The molecule has 2 aromatic heterocycles. The topological polar surface area (TPSA) is 24.9 Å². The fourth-order valence-corrected chi connectivity index (χ4v) is 4.10. The Bertz CT molecular complexity index is 570. The lowest BCUT2D eigenvalue weighted by molar-refractivity contribution is 0.608. The first-order valence-electron chi connectivity index (χ1n) is 5.89. The molecule has 2 aromatic rings. The Morgan fingerprint density at radius 1 is 1.50 bits per heavy atom. The Morgan fingerprint density at radius 3 is 3.22 bits per heavy atom. The molecule has 0 radical (unpaired) electrons. The lowest BCUT2D eigenvalue weighted by Gasteiger charge is -2.24. The monoisotopic (exact) mass is 342 g/mol. The smallest absolute Gasteiger partial charge is 0.129 e. The number of aryl methyl sites for hydroxylation is 1. The van der Waals surface area contributed by atoms with E-state index in [0.29, 0.717) is 6.04 Å². The van der Waals surface area contributed by atoms with Crippen LogP contribution in [0, 0.1) is 0 Å². The summed E-state index contributed by atoms with van der Waals surface area (Å²) in [4.78, 5) is 5.66. The number of hydrogen-bond donors (Lipinski definition) is 1. The van der Waals surface area contributed by atoms with E-state index in [1.807, 2.05) is 12.1 Å². The first-order chi connectivity index (χ1) is 8.74. The van der Waals surface area contributed by atoms with Crippen LogP contribution >= 0.6 is 38.9 Å². The van der Waals surface area contributed by atoms with Crippen molar-refractivity contribution in [1.82, 2.24) is 4.98 Å². The van der Waals surface area contributed by atoms with E-state index in [-0.39, 0.29) is 0 Å². The minimum Gasteiger partial charge on any atom is -0.376 e. The molecule has 1 unspecified atom stereocenters. The first kappa shape index (κ1) is 12.5. The van der Waals surface area contributed by atoms with E-state index in [1.54, 1.807) is 17.5 Å². The van der Waals surface area contributed by atoms with E-state index in [4.69, 9.17) is 11.6 Å². The number of thiophene rings is 1. The number of hydrogen-bond acceptors (Lipinski definition) is 3. The van der Waals surface area contributed by atoms with Gasteiger partial charge in [-0.15, -0.1) is 11.3 Å². The Labute approximate surface area is 124 Å². The standard InChI is InChI=1S/C13H12BrClN2S/c14-13-10(4-2-6-16-13)17-9-3-1-5-11-8(9)7-12(15)18-11/h2,4,6-7,9,17H,1,3,5H2. The summed E-state index contributed by atoms with van der Waals surface area (Å²) in [5, 5.41) is 3.56. The second kappa shape index (κ2) is 5.19. The molecule has 5 heteroatoms. The van der Waals surface area contributed by atoms with Crippen LogP contribution in [0.15, 0.2) is 29.0 Å². The number of fused-ring (bicyclic) bond motifs is 1. The van der Waals surface area contributed by atoms with Gasteiger partial charge in [0.25, 0.3) is 0 Å². The summed E-state index contributed by atoms with van der Waals surface area (Å²) in [6.07, 6.45) is 5.28. The molecule has 0 saturated heterocycles. The van der Waals surface area contributed by atoms with Crippen LogP contribution < -0.4 is 5.32 Å². The minimum atomic E-state index is 0.345. The van der Waals surface area contributed by atoms with Crippen molar-refractivity contribution in [3.8, 4) is 0 Å². The normalized spacial score (nSPS) is 18.4. The Balaban J connectivity index is 1.88. The zero-order chi connectivity index (χ0) is 12.5. The Kier molecular flexibility index (Phi) is 3.59. The van der Waals surface area contributed by atoms with Crippen molar-refractivity contribution in [2.45, 2.75) is 25.3 Å². The van der Waals surface area contributed by atoms with Gasteiger partial charge >= 0.3 is 0 Å². The molecule has 3 rings (SSSR count). The molecule has 1 atom stereocenters. The van der Waals surface area contributed by atoms with Gasteiger partial charge in [-0.25, -0.2) is 4.98 Å². The van der Waals surface area contributed by atoms with E-state index in [2.05, 4.69) is 32.3 Å². The van der Waals surface area contributed by atoms with Gasteiger partial charge in [0.05, 0.1) is 16.1 Å². The van der Waals surface area contributed by atoms with Crippen LogP contribution in [-0.2, 0) is 6.42 Å². The van der Waals surface area contributed by atoms with E-state index < -0.39 is 0 Å². The number of rotatable bonds is 2. The van der Waals surface area contributed by atoms with Gasteiger partial charge in [0.1, 0.15) is 4.60 Å². The average molecular weight is 344 g/mol. The summed E-state index contributed by atoms with van der Waals surface area (Å²) in [6.45, 7) is 0. The molecule has 1 aliphatic rings. The lowest BCUT2D eigenvalue weighted by atomic mass is 9.94. The predicted molar refractivity (Wildman–Crippen MR) is 80.6 cm³/mol. The van der Waals surface area contributed by atoms with E-state index in [1.165, 1.54) is 16.9 Å². The van der Waals surface area contributed by atoms with Crippen LogP contribution in [-0.4, -0.2) is 4.98 Å². The quantitative estimate of drug-likeness (QED) is 0.772. The van der Waals surface area contributed by atoms with Crippen LogP contribution in [0.2, 0.25) is 4.34 Å². The van der Waals surface area contributed by atoms with Gasteiger partial charge in [-0.2, -0.15) is 0 Å². The third-order valence-electron chi connectivity index (χ3n) is 3.17. The maximum absolute atomic E-state index is 6.12. The van der Waals surface area contributed by atoms with Gasteiger partial charge < -0.3 is 5.32 Å². The highest BCUT2D eigenvalue weighted by atomic mass is 79.9. The molecule has 2 nitrogen and oxygen atoms in total. The number of anilines is 1. The van der Waals surface area contributed by atoms with Gasteiger partial charge in [0.15, 0.2) is 0 Å². The Morgan fingerprint density at radius 2 is 2.39 bits per heavy atom. The summed E-state index contributed by atoms with van der Waals surface area (Å²) in [6, 6.07) is 6.43. The van der Waals surface area contributed by atoms with Crippen LogP contribution in [0.3, 0.4) is 0 Å². The molecular formula is C13H12BrClN2S. The fraction of sp³-hybridized carbons (Fsp3) is 0.308. The molecule has 0 bridgehead atoms. The number of nitrogens with one attached hydrogen (secondary N) is 1. The second-order valence-corrected chi connectivity index (χ2v) is 6.88. The third kappa shape index (κ3) is 2.42. The maximum Gasteiger partial charge on any atom is 0.129 e. The SMILES string of the molecule is Clc1cc2c(s1)CCCC2Nc1cccnc1Br. The van der Waals surface area contributed by atoms with Crippen molar-refractivity contribution < 1.29 is 0 Å². The zero-order valence-electron chi connectivity index (χ0n) is 9.62. The summed E-state index contributed by atoms with van der Waals surface area (Å²) in [5.41, 5.74) is 2.39. The highest BCUT2D eigenvalue weighted by Crippen LogP contribution is 2.39. The highest BCUT2D eigenvalue weighted by Gasteiger charge is 2.23. The van der Waals surface area contributed by atoms with Crippen LogP contribution in [0.4, 0.5) is 5.69 Å². The maximum atomic E-state index is 6.12. The van der Waals surface area contributed by atoms with E-state index in [0.717, 1.165) is 27.5 Å². The molecule has 0 spiro atoms. The molecule has 1 aliphatic carbocycles. The molecule has 94 valence electrons. The van der Waals surface area contributed by atoms with Gasteiger partial charge in [-0.05, 0) is 59.0 Å². The number of halogens is 2. The van der Waals surface area contributed by atoms with Gasteiger partial charge in [-0.1, -0.05) is 11.6 Å². The molecular weight excluding hydrogens is 332 g/mol. The molecule has 0 amide bonds. The van der Waals surface area contributed by atoms with Crippen molar-refractivity contribution in [3.63, 3.8) is 0 Å². The number of aromatic nitrogens is 1.